The molecule has 3 heteroatoms. The Morgan fingerprint density at radius 2 is 1.57 bits per heavy atom. The van der Waals surface area contributed by atoms with E-state index in [1.165, 1.54) is 49.1 Å². The lowest BCUT2D eigenvalue weighted by atomic mass is 9.65. The molecule has 3 unspecified atom stereocenters. The molecule has 0 bridgehead atoms. The van der Waals surface area contributed by atoms with E-state index in [0.717, 1.165) is 17.6 Å². The molecule has 0 aliphatic carbocycles. The Bertz CT molecular complexity index is 1900. The van der Waals surface area contributed by atoms with Crippen LogP contribution in [0.2, 0.25) is 0 Å². The smallest absolute Gasteiger partial charge is 0.145 e. The zero-order valence-corrected chi connectivity index (χ0v) is 26.5. The van der Waals surface area contributed by atoms with Gasteiger partial charge in [-0.15, -0.1) is 6.58 Å². The van der Waals surface area contributed by atoms with E-state index >= 15 is 0 Å². The van der Waals surface area contributed by atoms with Crippen molar-refractivity contribution < 1.29 is 4.42 Å². The van der Waals surface area contributed by atoms with Crippen LogP contribution in [0.1, 0.15) is 72.1 Å². The summed E-state index contributed by atoms with van der Waals surface area (Å²) in [4.78, 5) is 7.79. The Morgan fingerprint density at radius 3 is 2.29 bits per heavy atom. The average Bonchev–Trinajstić information content (AvgIpc) is 3.50. The van der Waals surface area contributed by atoms with Gasteiger partial charge in [0.1, 0.15) is 11.2 Å². The van der Waals surface area contributed by atoms with Gasteiger partial charge in [-0.05, 0) is 59.9 Å². The van der Waals surface area contributed by atoms with Gasteiger partial charge in [0.05, 0.1) is 11.6 Å². The fraction of sp³-hybridized carbons (Fsp3) is 0.359. The van der Waals surface area contributed by atoms with Crippen molar-refractivity contribution in [2.75, 3.05) is 7.05 Å². The van der Waals surface area contributed by atoms with E-state index in [0.29, 0.717) is 11.8 Å². The lowest BCUT2D eigenvalue weighted by Crippen LogP contribution is -2.47. The van der Waals surface area contributed by atoms with Gasteiger partial charge in [-0.1, -0.05) is 101 Å². The predicted octanol–water partition coefficient (Wildman–Crippen LogP) is 11.0. The number of furan rings is 1. The minimum Gasteiger partial charge on any atom is -0.455 e. The monoisotopic (exact) mass is 556 g/mol. The molecule has 1 aromatic heterocycles. The summed E-state index contributed by atoms with van der Waals surface area (Å²) in [5, 5.41) is 7.18. The third-order valence-corrected chi connectivity index (χ3v) is 10.4. The Balaban J connectivity index is 1.59. The van der Waals surface area contributed by atoms with Crippen molar-refractivity contribution in [3.8, 4) is 0 Å². The van der Waals surface area contributed by atoms with E-state index in [4.69, 9.17) is 9.41 Å². The summed E-state index contributed by atoms with van der Waals surface area (Å²) in [5.41, 5.74) is 5.11. The fourth-order valence-electron chi connectivity index (χ4n) is 7.15. The Morgan fingerprint density at radius 1 is 0.905 bits per heavy atom. The van der Waals surface area contributed by atoms with E-state index in [-0.39, 0.29) is 17.0 Å². The first-order valence-corrected chi connectivity index (χ1v) is 15.4. The predicted molar refractivity (Wildman–Crippen MR) is 182 cm³/mol. The molecule has 0 saturated carbocycles. The third kappa shape index (κ3) is 4.04. The maximum absolute atomic E-state index is 6.98. The summed E-state index contributed by atoms with van der Waals surface area (Å²) in [7, 11) is 2.23. The van der Waals surface area contributed by atoms with Crippen molar-refractivity contribution >= 4 is 55.4 Å². The second kappa shape index (κ2) is 10.2. The number of allylic oxidation sites excluding steroid dienone is 1. The molecule has 216 valence electrons. The van der Waals surface area contributed by atoms with Crippen LogP contribution in [0.3, 0.4) is 0 Å². The summed E-state index contributed by atoms with van der Waals surface area (Å²) < 4.78 is 6.98. The number of hydrogen-bond acceptors (Lipinski definition) is 3. The molecule has 3 atom stereocenters. The topological polar surface area (TPSA) is 28.7 Å². The van der Waals surface area contributed by atoms with Crippen LogP contribution in [0.5, 0.6) is 0 Å². The quantitative estimate of drug-likeness (QED) is 0.113. The van der Waals surface area contributed by atoms with Crippen molar-refractivity contribution in [2.45, 2.75) is 66.5 Å². The van der Waals surface area contributed by atoms with Gasteiger partial charge in [0, 0.05) is 46.1 Å². The largest absolute Gasteiger partial charge is 0.455 e. The highest BCUT2D eigenvalue weighted by atomic mass is 16.3. The second-order valence-corrected chi connectivity index (χ2v) is 13.4. The van der Waals surface area contributed by atoms with E-state index in [1.54, 1.807) is 0 Å². The molecule has 1 aliphatic rings. The van der Waals surface area contributed by atoms with Crippen LogP contribution in [0.4, 0.5) is 0 Å². The first-order valence-electron chi connectivity index (χ1n) is 15.4. The molecule has 5 aromatic rings. The first-order chi connectivity index (χ1) is 20.0. The van der Waals surface area contributed by atoms with Gasteiger partial charge < -0.3 is 9.32 Å². The number of aliphatic imine (C=N–C) groups is 1. The molecule has 3 nitrogen and oxygen atoms in total. The van der Waals surface area contributed by atoms with Crippen molar-refractivity contribution in [1.29, 1.82) is 0 Å². The molecule has 0 N–H and O–H groups in total. The highest BCUT2D eigenvalue weighted by molar-refractivity contribution is 6.23. The van der Waals surface area contributed by atoms with Gasteiger partial charge in [-0.2, -0.15) is 0 Å². The minimum atomic E-state index is -0.338. The molecule has 1 aliphatic heterocycles. The van der Waals surface area contributed by atoms with Gasteiger partial charge >= 0.3 is 0 Å². The number of fused-ring (bicyclic) bond motifs is 9. The van der Waals surface area contributed by atoms with E-state index < -0.39 is 0 Å². The van der Waals surface area contributed by atoms with Crippen LogP contribution in [-0.2, 0) is 0 Å². The highest BCUT2D eigenvalue weighted by Gasteiger charge is 2.51. The van der Waals surface area contributed by atoms with Crippen LogP contribution in [0.25, 0.3) is 49.2 Å². The van der Waals surface area contributed by atoms with E-state index in [2.05, 4.69) is 140 Å². The molecular weight excluding hydrogens is 512 g/mol. The standard InChI is InChI=1S/C39H44N2O/c1-10-22-39(8,40-23-25(5)24(3)4)38(6,7)37-31-21-20-30-29-19-18-27-17-16-26-14-12-13-15-28(26)33(27)35(29)42-36(30)34(31)32(11-2)41(37)9/h10-21,23-25,37H,1,22H2,2-9H3/b32-11-,40-23+. The molecule has 4 aromatic carbocycles. The van der Waals surface area contributed by atoms with Crippen LogP contribution >= 0.6 is 0 Å². The molecule has 2 heterocycles. The number of hydrogen-bond donors (Lipinski definition) is 0. The summed E-state index contributed by atoms with van der Waals surface area (Å²) in [6.45, 7) is 20.1. The van der Waals surface area contributed by atoms with Gasteiger partial charge in [-0.25, -0.2) is 0 Å². The highest BCUT2D eigenvalue weighted by Crippen LogP contribution is 2.57. The Kier molecular flexibility index (Phi) is 6.84. The van der Waals surface area contributed by atoms with Crippen molar-refractivity contribution in [3.05, 3.63) is 90.5 Å². The molecule has 6 rings (SSSR count). The average molecular weight is 557 g/mol. The number of benzene rings is 4. The molecule has 0 radical (unpaired) electrons. The van der Waals surface area contributed by atoms with Crippen LogP contribution in [0.15, 0.2) is 88.8 Å². The lowest BCUT2D eigenvalue weighted by Gasteiger charge is -2.48. The van der Waals surface area contributed by atoms with Crippen molar-refractivity contribution in [1.82, 2.24) is 4.90 Å². The van der Waals surface area contributed by atoms with Crippen molar-refractivity contribution in [3.63, 3.8) is 0 Å². The molecule has 0 fully saturated rings. The SMILES string of the molecule is C=CCC(C)(/N=C/C(C)C(C)C)C(C)(C)C1c2ccc3c(oc4c3ccc3ccc5ccccc5c34)c2/C(=C/C)N1C. The van der Waals surface area contributed by atoms with Gasteiger partial charge in [0.15, 0.2) is 0 Å². The fourth-order valence-corrected chi connectivity index (χ4v) is 7.15. The van der Waals surface area contributed by atoms with Crippen LogP contribution in [-0.4, -0.2) is 23.7 Å². The normalized spacial score (nSPS) is 19.1. The number of rotatable bonds is 7. The maximum Gasteiger partial charge on any atom is 0.145 e. The van der Waals surface area contributed by atoms with Crippen LogP contribution < -0.4 is 0 Å². The molecular formula is C39H44N2O. The van der Waals surface area contributed by atoms with E-state index in [1.807, 2.05) is 6.08 Å². The molecule has 0 amide bonds. The summed E-state index contributed by atoms with van der Waals surface area (Å²) >= 11 is 0. The van der Waals surface area contributed by atoms with Crippen molar-refractivity contribution in [2.24, 2.45) is 22.2 Å². The zero-order chi connectivity index (χ0) is 30.0. The maximum atomic E-state index is 6.98. The molecule has 42 heavy (non-hydrogen) atoms. The van der Waals surface area contributed by atoms with Gasteiger partial charge in [0.2, 0.25) is 0 Å². The lowest BCUT2D eigenvalue weighted by molar-refractivity contribution is 0.0832. The van der Waals surface area contributed by atoms with E-state index in [9.17, 15) is 0 Å². The minimum absolute atomic E-state index is 0.116. The van der Waals surface area contributed by atoms with Gasteiger partial charge in [0.25, 0.3) is 0 Å². The third-order valence-electron chi connectivity index (χ3n) is 10.4. The molecule has 0 spiro atoms. The first kappa shape index (κ1) is 28.3. The number of nitrogens with zero attached hydrogens (tertiary/aromatic N) is 2. The zero-order valence-electron chi connectivity index (χ0n) is 26.5. The Labute approximate surface area is 250 Å². The summed E-state index contributed by atoms with van der Waals surface area (Å²) in [6, 6.07) is 22.2. The summed E-state index contributed by atoms with van der Waals surface area (Å²) in [6.07, 6.45) is 7.26. The Hall–Kier alpha value is -3.85. The van der Waals surface area contributed by atoms with Gasteiger partial charge in [-0.3, -0.25) is 4.99 Å². The van der Waals surface area contributed by atoms with Crippen LogP contribution in [0, 0.1) is 17.3 Å². The second-order valence-electron chi connectivity index (χ2n) is 13.4. The summed E-state index contributed by atoms with van der Waals surface area (Å²) in [5.74, 6) is 0.953. The molecule has 0 saturated heterocycles.